The summed E-state index contributed by atoms with van der Waals surface area (Å²) < 4.78 is 0. The second-order valence-electron chi connectivity index (χ2n) is 4.71. The SMILES string of the molecule is CC(C)c1ccc(C(C)C)c(C(=O)CBr)c1. The molecule has 0 amide bonds. The topological polar surface area (TPSA) is 17.1 Å². The third kappa shape index (κ3) is 2.94. The van der Waals surface area contributed by atoms with Gasteiger partial charge in [-0.1, -0.05) is 55.8 Å². The van der Waals surface area contributed by atoms with Crippen molar-refractivity contribution >= 4 is 21.7 Å². The molecule has 0 unspecified atom stereocenters. The molecule has 0 aliphatic heterocycles. The van der Waals surface area contributed by atoms with Crippen LogP contribution >= 0.6 is 15.9 Å². The molecular formula is C14H19BrO. The summed E-state index contributed by atoms with van der Waals surface area (Å²) in [5, 5.41) is 0.397. The van der Waals surface area contributed by atoms with Crippen LogP contribution in [0.5, 0.6) is 0 Å². The summed E-state index contributed by atoms with van der Waals surface area (Å²) in [5.41, 5.74) is 3.25. The van der Waals surface area contributed by atoms with E-state index in [2.05, 4.69) is 55.8 Å². The van der Waals surface area contributed by atoms with Crippen LogP contribution in [-0.4, -0.2) is 11.1 Å². The Bertz CT molecular complexity index is 380. The molecule has 0 radical (unpaired) electrons. The van der Waals surface area contributed by atoms with Crippen LogP contribution in [0, 0.1) is 0 Å². The molecule has 0 aliphatic rings. The molecule has 0 aliphatic carbocycles. The van der Waals surface area contributed by atoms with E-state index in [4.69, 9.17) is 0 Å². The fourth-order valence-electron chi connectivity index (χ4n) is 1.75. The second kappa shape index (κ2) is 5.62. The van der Waals surface area contributed by atoms with Crippen LogP contribution in [-0.2, 0) is 0 Å². The summed E-state index contributed by atoms with van der Waals surface area (Å²) in [6.45, 7) is 8.53. The normalized spacial score (nSPS) is 11.2. The van der Waals surface area contributed by atoms with Crippen molar-refractivity contribution in [2.45, 2.75) is 39.5 Å². The van der Waals surface area contributed by atoms with Gasteiger partial charge in [-0.25, -0.2) is 0 Å². The highest BCUT2D eigenvalue weighted by molar-refractivity contribution is 9.09. The van der Waals surface area contributed by atoms with Crippen molar-refractivity contribution in [3.8, 4) is 0 Å². The van der Waals surface area contributed by atoms with E-state index in [0.717, 1.165) is 11.1 Å². The minimum Gasteiger partial charge on any atom is -0.293 e. The van der Waals surface area contributed by atoms with Gasteiger partial charge in [-0.05, 0) is 29.0 Å². The van der Waals surface area contributed by atoms with Crippen molar-refractivity contribution in [1.29, 1.82) is 0 Å². The van der Waals surface area contributed by atoms with Crippen molar-refractivity contribution in [3.63, 3.8) is 0 Å². The van der Waals surface area contributed by atoms with Crippen LogP contribution in [0.3, 0.4) is 0 Å². The molecule has 0 saturated carbocycles. The molecule has 0 atom stereocenters. The molecule has 0 bridgehead atoms. The van der Waals surface area contributed by atoms with Crippen LogP contribution in [0.1, 0.15) is 61.0 Å². The Morgan fingerprint density at radius 2 is 1.81 bits per heavy atom. The van der Waals surface area contributed by atoms with Gasteiger partial charge in [0.2, 0.25) is 0 Å². The van der Waals surface area contributed by atoms with E-state index in [1.165, 1.54) is 5.56 Å². The van der Waals surface area contributed by atoms with Crippen molar-refractivity contribution < 1.29 is 4.79 Å². The Morgan fingerprint density at radius 3 is 2.25 bits per heavy atom. The lowest BCUT2D eigenvalue weighted by atomic mass is 9.90. The number of alkyl halides is 1. The van der Waals surface area contributed by atoms with Crippen molar-refractivity contribution in [1.82, 2.24) is 0 Å². The smallest absolute Gasteiger partial charge is 0.173 e. The number of ketones is 1. The van der Waals surface area contributed by atoms with Crippen LogP contribution in [0.4, 0.5) is 0 Å². The molecule has 1 nitrogen and oxygen atoms in total. The van der Waals surface area contributed by atoms with Gasteiger partial charge in [0.25, 0.3) is 0 Å². The number of rotatable bonds is 4. The standard InChI is InChI=1S/C14H19BrO/c1-9(2)11-5-6-12(10(3)4)13(7-11)14(16)8-15/h5-7,9-10H,8H2,1-4H3. The van der Waals surface area contributed by atoms with Crippen LogP contribution in [0.25, 0.3) is 0 Å². The Balaban J connectivity index is 3.26. The summed E-state index contributed by atoms with van der Waals surface area (Å²) in [4.78, 5) is 11.9. The highest BCUT2D eigenvalue weighted by Crippen LogP contribution is 2.25. The third-order valence-corrected chi connectivity index (χ3v) is 3.30. The van der Waals surface area contributed by atoms with E-state index in [9.17, 15) is 4.79 Å². The molecule has 0 aromatic heterocycles. The largest absolute Gasteiger partial charge is 0.293 e. The van der Waals surface area contributed by atoms with Crippen molar-refractivity contribution in [3.05, 3.63) is 34.9 Å². The van der Waals surface area contributed by atoms with Gasteiger partial charge in [-0.15, -0.1) is 0 Å². The van der Waals surface area contributed by atoms with Crippen LogP contribution in [0.15, 0.2) is 18.2 Å². The maximum absolute atomic E-state index is 11.9. The summed E-state index contributed by atoms with van der Waals surface area (Å²) in [5.74, 6) is 1.02. The first-order valence-corrected chi connectivity index (χ1v) is 6.82. The number of Topliss-reactive ketones (excluding diaryl/α,β-unsaturated/α-hetero) is 1. The Morgan fingerprint density at radius 1 is 1.19 bits per heavy atom. The molecular weight excluding hydrogens is 264 g/mol. The monoisotopic (exact) mass is 282 g/mol. The Kier molecular flexibility index (Phi) is 4.72. The Labute approximate surface area is 106 Å². The number of benzene rings is 1. The summed E-state index contributed by atoms with van der Waals surface area (Å²) in [6, 6.07) is 6.27. The predicted molar refractivity (Wildman–Crippen MR) is 72.7 cm³/mol. The van der Waals surface area contributed by atoms with Gasteiger partial charge in [-0.2, -0.15) is 0 Å². The third-order valence-electron chi connectivity index (χ3n) is 2.79. The lowest BCUT2D eigenvalue weighted by Crippen LogP contribution is -2.07. The second-order valence-corrected chi connectivity index (χ2v) is 5.27. The number of halogens is 1. The predicted octanol–water partition coefficient (Wildman–Crippen LogP) is 4.51. The zero-order valence-corrected chi connectivity index (χ0v) is 12.0. The van der Waals surface area contributed by atoms with Gasteiger partial charge < -0.3 is 0 Å². The molecule has 2 heteroatoms. The molecule has 1 aromatic rings. The number of carbonyl (C=O) groups is 1. The van der Waals surface area contributed by atoms with Crippen molar-refractivity contribution in [2.75, 3.05) is 5.33 Å². The lowest BCUT2D eigenvalue weighted by molar-refractivity contribution is 0.102. The molecule has 0 spiro atoms. The molecule has 1 rings (SSSR count). The first-order valence-electron chi connectivity index (χ1n) is 5.70. The van der Waals surface area contributed by atoms with E-state index in [0.29, 0.717) is 17.2 Å². The summed E-state index contributed by atoms with van der Waals surface area (Å²) in [7, 11) is 0. The van der Waals surface area contributed by atoms with E-state index < -0.39 is 0 Å². The van der Waals surface area contributed by atoms with Crippen LogP contribution in [0.2, 0.25) is 0 Å². The maximum atomic E-state index is 11.9. The molecule has 16 heavy (non-hydrogen) atoms. The van der Waals surface area contributed by atoms with Gasteiger partial charge in [0.05, 0.1) is 5.33 Å². The first-order chi connectivity index (χ1) is 7.47. The lowest BCUT2D eigenvalue weighted by Gasteiger charge is -2.14. The molecule has 0 saturated heterocycles. The molecule has 0 N–H and O–H groups in total. The summed E-state index contributed by atoms with van der Waals surface area (Å²) >= 11 is 3.25. The quantitative estimate of drug-likeness (QED) is 0.587. The van der Waals surface area contributed by atoms with E-state index in [1.807, 2.05) is 6.07 Å². The minimum absolute atomic E-state index is 0.172. The fraction of sp³-hybridized carbons (Fsp3) is 0.500. The first kappa shape index (κ1) is 13.4. The average molecular weight is 283 g/mol. The van der Waals surface area contributed by atoms with Gasteiger partial charge in [0.15, 0.2) is 5.78 Å². The van der Waals surface area contributed by atoms with Crippen LogP contribution < -0.4 is 0 Å². The van der Waals surface area contributed by atoms with E-state index >= 15 is 0 Å². The van der Waals surface area contributed by atoms with Gasteiger partial charge >= 0.3 is 0 Å². The summed E-state index contributed by atoms with van der Waals surface area (Å²) in [6.07, 6.45) is 0. The average Bonchev–Trinajstić information content (AvgIpc) is 2.26. The number of hydrogen-bond donors (Lipinski definition) is 0. The Hall–Kier alpha value is -0.630. The van der Waals surface area contributed by atoms with Crippen molar-refractivity contribution in [2.24, 2.45) is 0 Å². The molecule has 88 valence electrons. The molecule has 0 heterocycles. The maximum Gasteiger partial charge on any atom is 0.173 e. The zero-order valence-electron chi connectivity index (χ0n) is 10.4. The van der Waals surface area contributed by atoms with Gasteiger partial charge in [0.1, 0.15) is 0 Å². The highest BCUT2D eigenvalue weighted by Gasteiger charge is 2.14. The van der Waals surface area contributed by atoms with E-state index in [-0.39, 0.29) is 5.78 Å². The number of hydrogen-bond acceptors (Lipinski definition) is 1. The zero-order chi connectivity index (χ0) is 12.3. The molecule has 1 aromatic carbocycles. The van der Waals surface area contributed by atoms with E-state index in [1.54, 1.807) is 0 Å². The minimum atomic E-state index is 0.172. The van der Waals surface area contributed by atoms with Gasteiger partial charge in [0, 0.05) is 5.56 Å². The molecule has 0 fully saturated rings. The number of carbonyl (C=O) groups excluding carboxylic acids is 1. The van der Waals surface area contributed by atoms with Gasteiger partial charge in [-0.3, -0.25) is 4.79 Å². The highest BCUT2D eigenvalue weighted by atomic mass is 79.9. The fourth-order valence-corrected chi connectivity index (χ4v) is 2.05.